The standard InChI is InChI=1S/C16H25N3O/c1-5-18-16(12-17,15-9-7-6-8-10-15)13-19(3)14(2)11-20-4/h6-10,14,18H,5,11,13H2,1-4H3. The largest absolute Gasteiger partial charge is 0.383 e. The van der Waals surface area contributed by atoms with E-state index in [0.29, 0.717) is 13.2 Å². The lowest BCUT2D eigenvalue weighted by atomic mass is 9.90. The van der Waals surface area contributed by atoms with E-state index in [1.165, 1.54) is 0 Å². The molecule has 110 valence electrons. The maximum absolute atomic E-state index is 9.75. The van der Waals surface area contributed by atoms with Gasteiger partial charge in [-0.25, -0.2) is 0 Å². The Morgan fingerprint density at radius 1 is 1.40 bits per heavy atom. The van der Waals surface area contributed by atoms with Crippen LogP contribution in [0.2, 0.25) is 0 Å². The zero-order valence-electron chi connectivity index (χ0n) is 12.9. The topological polar surface area (TPSA) is 48.3 Å². The van der Waals surface area contributed by atoms with E-state index in [2.05, 4.69) is 23.2 Å². The predicted molar refractivity (Wildman–Crippen MR) is 81.4 cm³/mol. The Labute approximate surface area is 122 Å². The van der Waals surface area contributed by atoms with Crippen LogP contribution in [0.1, 0.15) is 19.4 Å². The van der Waals surface area contributed by atoms with Crippen LogP contribution in [0.3, 0.4) is 0 Å². The second-order valence-electron chi connectivity index (χ2n) is 5.13. The SMILES string of the molecule is CCNC(C#N)(CN(C)C(C)COC)c1ccccc1. The van der Waals surface area contributed by atoms with Crippen LogP contribution in [0.25, 0.3) is 0 Å². The van der Waals surface area contributed by atoms with E-state index in [9.17, 15) is 5.26 Å². The van der Waals surface area contributed by atoms with E-state index in [4.69, 9.17) is 4.74 Å². The molecule has 0 fully saturated rings. The minimum absolute atomic E-state index is 0.259. The predicted octanol–water partition coefficient (Wildman–Crippen LogP) is 1.98. The maximum Gasteiger partial charge on any atom is 0.145 e. The van der Waals surface area contributed by atoms with E-state index >= 15 is 0 Å². The maximum atomic E-state index is 9.75. The van der Waals surface area contributed by atoms with Gasteiger partial charge in [-0.1, -0.05) is 37.3 Å². The van der Waals surface area contributed by atoms with Crippen LogP contribution in [-0.2, 0) is 10.3 Å². The van der Waals surface area contributed by atoms with Crippen molar-refractivity contribution in [3.63, 3.8) is 0 Å². The Hall–Kier alpha value is -1.41. The molecule has 0 radical (unpaired) electrons. The van der Waals surface area contributed by atoms with E-state index in [0.717, 1.165) is 12.1 Å². The molecule has 0 saturated heterocycles. The molecule has 1 aromatic rings. The summed E-state index contributed by atoms with van der Waals surface area (Å²) >= 11 is 0. The first kappa shape index (κ1) is 16.6. The van der Waals surface area contributed by atoms with Crippen molar-refractivity contribution < 1.29 is 4.74 Å². The first-order chi connectivity index (χ1) is 9.59. The highest BCUT2D eigenvalue weighted by Crippen LogP contribution is 2.22. The second kappa shape index (κ2) is 8.01. The van der Waals surface area contributed by atoms with Gasteiger partial charge in [-0.3, -0.25) is 10.2 Å². The van der Waals surface area contributed by atoms with Gasteiger partial charge in [0.05, 0.1) is 12.7 Å². The highest BCUT2D eigenvalue weighted by Gasteiger charge is 2.33. The van der Waals surface area contributed by atoms with Crippen molar-refractivity contribution in [2.24, 2.45) is 0 Å². The number of nitrogens with one attached hydrogen (secondary N) is 1. The fourth-order valence-corrected chi connectivity index (χ4v) is 2.31. The van der Waals surface area contributed by atoms with E-state index in [1.54, 1.807) is 7.11 Å². The summed E-state index contributed by atoms with van der Waals surface area (Å²) in [5.74, 6) is 0. The number of nitrogens with zero attached hydrogens (tertiary/aromatic N) is 2. The van der Waals surface area contributed by atoms with Crippen molar-refractivity contribution in [1.29, 1.82) is 5.26 Å². The summed E-state index contributed by atoms with van der Waals surface area (Å²) in [5.41, 5.74) is 0.313. The van der Waals surface area contributed by atoms with E-state index in [-0.39, 0.29) is 6.04 Å². The number of methoxy groups -OCH3 is 1. The Kier molecular flexibility index (Phi) is 6.66. The van der Waals surface area contributed by atoms with Gasteiger partial charge in [-0.15, -0.1) is 0 Å². The molecular formula is C16H25N3O. The fraction of sp³-hybridized carbons (Fsp3) is 0.562. The van der Waals surface area contributed by atoms with Gasteiger partial charge >= 0.3 is 0 Å². The lowest BCUT2D eigenvalue weighted by molar-refractivity contribution is 0.102. The van der Waals surface area contributed by atoms with Gasteiger partial charge in [0.2, 0.25) is 0 Å². The monoisotopic (exact) mass is 275 g/mol. The highest BCUT2D eigenvalue weighted by atomic mass is 16.5. The molecule has 1 aromatic carbocycles. The molecule has 2 atom stereocenters. The molecule has 0 saturated carbocycles. The average molecular weight is 275 g/mol. The van der Waals surface area contributed by atoms with Crippen molar-refractivity contribution in [1.82, 2.24) is 10.2 Å². The molecule has 1 rings (SSSR count). The molecule has 1 N–H and O–H groups in total. The number of likely N-dealkylation sites (N-methyl/N-ethyl adjacent to an activating group) is 2. The third-order valence-electron chi connectivity index (χ3n) is 3.58. The summed E-state index contributed by atoms with van der Waals surface area (Å²) in [6, 6.07) is 12.6. The van der Waals surface area contributed by atoms with Crippen molar-refractivity contribution in [2.45, 2.75) is 25.4 Å². The summed E-state index contributed by atoms with van der Waals surface area (Å²) in [4.78, 5) is 2.16. The number of hydrogen-bond acceptors (Lipinski definition) is 4. The van der Waals surface area contributed by atoms with Crippen LogP contribution < -0.4 is 5.32 Å². The van der Waals surface area contributed by atoms with Gasteiger partial charge in [0.25, 0.3) is 0 Å². The van der Waals surface area contributed by atoms with Crippen LogP contribution in [0.4, 0.5) is 0 Å². The van der Waals surface area contributed by atoms with Crippen molar-refractivity contribution in [3.8, 4) is 6.07 Å². The Bertz CT molecular complexity index is 429. The van der Waals surface area contributed by atoms with Gasteiger partial charge < -0.3 is 4.74 Å². The van der Waals surface area contributed by atoms with Gasteiger partial charge in [-0.05, 0) is 26.1 Å². The zero-order chi connectivity index (χ0) is 15.0. The molecule has 0 bridgehead atoms. The van der Waals surface area contributed by atoms with Gasteiger partial charge in [0.15, 0.2) is 0 Å². The van der Waals surface area contributed by atoms with Crippen LogP contribution in [0.15, 0.2) is 30.3 Å². The molecule has 0 aromatic heterocycles. The number of benzene rings is 1. The first-order valence-corrected chi connectivity index (χ1v) is 7.00. The Balaban J connectivity index is 2.98. The van der Waals surface area contributed by atoms with Gasteiger partial charge in [0, 0.05) is 19.7 Å². The molecule has 2 unspecified atom stereocenters. The molecule has 0 spiro atoms. The molecule has 0 heterocycles. The molecule has 0 amide bonds. The molecular weight excluding hydrogens is 250 g/mol. The molecule has 0 aliphatic heterocycles. The summed E-state index contributed by atoms with van der Waals surface area (Å²) in [7, 11) is 3.72. The van der Waals surface area contributed by atoms with Crippen molar-refractivity contribution in [3.05, 3.63) is 35.9 Å². The van der Waals surface area contributed by atoms with Crippen LogP contribution >= 0.6 is 0 Å². The Morgan fingerprint density at radius 2 is 2.05 bits per heavy atom. The quantitative estimate of drug-likeness (QED) is 0.788. The summed E-state index contributed by atoms with van der Waals surface area (Å²) < 4.78 is 5.19. The van der Waals surface area contributed by atoms with Crippen molar-refractivity contribution in [2.75, 3.05) is 33.9 Å². The Morgan fingerprint density at radius 3 is 2.55 bits per heavy atom. The normalized spacial score (nSPS) is 15.6. The highest BCUT2D eigenvalue weighted by molar-refractivity contribution is 5.32. The minimum atomic E-state index is -0.688. The fourth-order valence-electron chi connectivity index (χ4n) is 2.31. The molecule has 20 heavy (non-hydrogen) atoms. The summed E-state index contributed by atoms with van der Waals surface area (Å²) in [6.07, 6.45) is 0. The number of rotatable bonds is 8. The van der Waals surface area contributed by atoms with E-state index in [1.807, 2.05) is 44.3 Å². The second-order valence-corrected chi connectivity index (χ2v) is 5.13. The number of hydrogen-bond donors (Lipinski definition) is 1. The van der Waals surface area contributed by atoms with Crippen LogP contribution in [-0.4, -0.2) is 44.8 Å². The third kappa shape index (κ3) is 4.04. The summed E-state index contributed by atoms with van der Waals surface area (Å²) in [6.45, 7) is 6.13. The van der Waals surface area contributed by atoms with Crippen LogP contribution in [0, 0.1) is 11.3 Å². The average Bonchev–Trinajstić information content (AvgIpc) is 2.47. The zero-order valence-corrected chi connectivity index (χ0v) is 12.9. The lowest BCUT2D eigenvalue weighted by Crippen LogP contribution is -2.51. The van der Waals surface area contributed by atoms with E-state index < -0.39 is 5.54 Å². The van der Waals surface area contributed by atoms with Crippen LogP contribution in [0.5, 0.6) is 0 Å². The van der Waals surface area contributed by atoms with Gasteiger partial charge in [0.1, 0.15) is 5.54 Å². The van der Waals surface area contributed by atoms with Gasteiger partial charge in [-0.2, -0.15) is 5.26 Å². The smallest absolute Gasteiger partial charge is 0.145 e. The number of nitriles is 1. The molecule has 4 heteroatoms. The van der Waals surface area contributed by atoms with Crippen molar-refractivity contribution >= 4 is 0 Å². The number of ether oxygens (including phenoxy) is 1. The lowest BCUT2D eigenvalue weighted by Gasteiger charge is -2.35. The molecule has 4 nitrogen and oxygen atoms in total. The third-order valence-corrected chi connectivity index (χ3v) is 3.58. The first-order valence-electron chi connectivity index (χ1n) is 7.00. The molecule has 0 aliphatic rings. The minimum Gasteiger partial charge on any atom is -0.383 e. The summed E-state index contributed by atoms with van der Waals surface area (Å²) in [5, 5.41) is 13.1. The molecule has 0 aliphatic carbocycles.